The largest absolute Gasteiger partial charge is 0.291 e. The fourth-order valence-corrected chi connectivity index (χ4v) is 5.55. The van der Waals surface area contributed by atoms with Gasteiger partial charge in [0, 0.05) is 39.3 Å². The van der Waals surface area contributed by atoms with E-state index in [0.29, 0.717) is 0 Å². The summed E-state index contributed by atoms with van der Waals surface area (Å²) < 4.78 is 0. The van der Waals surface area contributed by atoms with E-state index in [4.69, 9.17) is 0 Å². The molecule has 5 aromatic rings. The van der Waals surface area contributed by atoms with Crippen LogP contribution in [-0.4, -0.2) is 22.9 Å². The summed E-state index contributed by atoms with van der Waals surface area (Å²) in [6.07, 6.45) is 2.45. The second-order valence-electron chi connectivity index (χ2n) is 11.4. The summed E-state index contributed by atoms with van der Waals surface area (Å²) >= 11 is 0. The van der Waals surface area contributed by atoms with Gasteiger partial charge in [0.15, 0.2) is 0 Å². The first-order valence-electron chi connectivity index (χ1n) is 15.0. The Morgan fingerprint density at radius 1 is 0.476 bits per heavy atom. The van der Waals surface area contributed by atoms with E-state index in [1.807, 2.05) is 0 Å². The van der Waals surface area contributed by atoms with Crippen molar-refractivity contribution < 1.29 is 0 Å². The topological polar surface area (TPSA) is 6.48 Å². The van der Waals surface area contributed by atoms with Gasteiger partial charge in [-0.2, -0.15) is 0 Å². The molecule has 0 spiro atoms. The minimum Gasteiger partial charge on any atom is -0.291 e. The van der Waals surface area contributed by atoms with Crippen LogP contribution < -0.4 is 0 Å². The fraction of sp³-hybridized carbons (Fsp3) is 0.200. The highest BCUT2D eigenvalue weighted by atomic mass is 15.1. The van der Waals surface area contributed by atoms with Crippen molar-refractivity contribution in [1.29, 1.82) is 0 Å². The minimum atomic E-state index is 0.886. The van der Waals surface area contributed by atoms with Gasteiger partial charge in [0.05, 0.1) is 0 Å². The highest BCUT2D eigenvalue weighted by Crippen LogP contribution is 2.21. The molecule has 0 fully saturated rings. The third-order valence-electron chi connectivity index (χ3n) is 7.64. The zero-order chi connectivity index (χ0) is 29.0. The maximum atomic E-state index is 2.59. The fourth-order valence-electron chi connectivity index (χ4n) is 5.55. The predicted octanol–water partition coefficient (Wildman–Crippen LogP) is 9.09. The SMILES string of the molecule is Cc1ccc(C)c(C=C(CN(Cc2ccccc2)Cc2ccccc2)CN(Cc2ccccc2)Cc2ccccc2)c1. The summed E-state index contributed by atoms with van der Waals surface area (Å²) in [5, 5.41) is 0. The van der Waals surface area contributed by atoms with Crippen molar-refractivity contribution in [2.45, 2.75) is 40.0 Å². The molecule has 0 radical (unpaired) electrons. The lowest BCUT2D eigenvalue weighted by molar-refractivity contribution is 0.245. The molecule has 5 aromatic carbocycles. The first-order valence-corrected chi connectivity index (χ1v) is 15.0. The lowest BCUT2D eigenvalue weighted by atomic mass is 10.0. The third-order valence-corrected chi connectivity index (χ3v) is 7.64. The predicted molar refractivity (Wildman–Crippen MR) is 178 cm³/mol. The molecule has 0 aliphatic heterocycles. The number of aryl methyl sites for hydroxylation is 2. The van der Waals surface area contributed by atoms with E-state index in [9.17, 15) is 0 Å². The monoisotopic (exact) mass is 550 g/mol. The van der Waals surface area contributed by atoms with Gasteiger partial charge in [0.1, 0.15) is 0 Å². The van der Waals surface area contributed by atoms with E-state index in [0.717, 1.165) is 39.3 Å². The molecular weight excluding hydrogens is 508 g/mol. The van der Waals surface area contributed by atoms with Crippen LogP contribution in [0.1, 0.15) is 38.9 Å². The highest BCUT2D eigenvalue weighted by Gasteiger charge is 2.15. The first kappa shape index (κ1) is 29.3. The van der Waals surface area contributed by atoms with E-state index < -0.39 is 0 Å². The minimum absolute atomic E-state index is 0.886. The molecule has 212 valence electrons. The van der Waals surface area contributed by atoms with Gasteiger partial charge < -0.3 is 0 Å². The zero-order valence-electron chi connectivity index (χ0n) is 25.0. The Balaban J connectivity index is 1.49. The van der Waals surface area contributed by atoms with Crippen molar-refractivity contribution in [3.8, 4) is 0 Å². The van der Waals surface area contributed by atoms with Gasteiger partial charge in [-0.25, -0.2) is 0 Å². The van der Waals surface area contributed by atoms with Crippen LogP contribution in [0.15, 0.2) is 145 Å². The molecule has 42 heavy (non-hydrogen) atoms. The van der Waals surface area contributed by atoms with Gasteiger partial charge in [-0.3, -0.25) is 9.80 Å². The van der Waals surface area contributed by atoms with Crippen LogP contribution >= 0.6 is 0 Å². The Bertz CT molecular complexity index is 1350. The Morgan fingerprint density at radius 3 is 1.19 bits per heavy atom. The molecule has 2 nitrogen and oxygen atoms in total. The van der Waals surface area contributed by atoms with Crippen LogP contribution in [0.5, 0.6) is 0 Å². The van der Waals surface area contributed by atoms with Gasteiger partial charge in [-0.15, -0.1) is 0 Å². The summed E-state index contributed by atoms with van der Waals surface area (Å²) in [6.45, 7) is 9.78. The van der Waals surface area contributed by atoms with E-state index in [1.165, 1.54) is 44.5 Å². The standard InChI is InChI=1S/C40H42N2/c1-33-23-24-34(2)40(25-33)26-39(31-41(27-35-15-7-3-8-16-35)28-36-17-9-4-10-18-36)32-42(29-37-19-11-5-12-20-37)30-38-21-13-6-14-22-38/h3-26H,27-32H2,1-2H3. The maximum Gasteiger partial charge on any atom is 0.0240 e. The second kappa shape index (κ2) is 15.1. The Hall–Kier alpha value is -4.24. The quantitative estimate of drug-likeness (QED) is 0.144. The summed E-state index contributed by atoms with van der Waals surface area (Å²) in [6, 6.07) is 50.2. The van der Waals surface area contributed by atoms with E-state index >= 15 is 0 Å². The molecule has 0 aliphatic rings. The number of hydrogen-bond donors (Lipinski definition) is 0. The molecule has 5 rings (SSSR count). The third kappa shape index (κ3) is 9.14. The lowest BCUT2D eigenvalue weighted by Gasteiger charge is -2.29. The van der Waals surface area contributed by atoms with E-state index in [2.05, 4.69) is 169 Å². The lowest BCUT2D eigenvalue weighted by Crippen LogP contribution is -2.31. The van der Waals surface area contributed by atoms with Crippen LogP contribution in [0.4, 0.5) is 0 Å². The van der Waals surface area contributed by atoms with Crippen molar-refractivity contribution in [2.24, 2.45) is 0 Å². The molecule has 0 aromatic heterocycles. The van der Waals surface area contributed by atoms with Crippen LogP contribution in [0.25, 0.3) is 6.08 Å². The molecule has 0 unspecified atom stereocenters. The zero-order valence-corrected chi connectivity index (χ0v) is 25.0. The molecule has 0 saturated carbocycles. The van der Waals surface area contributed by atoms with Crippen LogP contribution in [0.3, 0.4) is 0 Å². The highest BCUT2D eigenvalue weighted by molar-refractivity contribution is 5.58. The molecule has 0 bridgehead atoms. The molecule has 0 N–H and O–H groups in total. The van der Waals surface area contributed by atoms with Crippen molar-refractivity contribution in [2.75, 3.05) is 13.1 Å². The summed E-state index contributed by atoms with van der Waals surface area (Å²) in [5.74, 6) is 0. The number of nitrogens with zero attached hydrogens (tertiary/aromatic N) is 2. The average molecular weight is 551 g/mol. The molecule has 0 saturated heterocycles. The molecule has 0 aliphatic carbocycles. The number of benzene rings is 5. The van der Waals surface area contributed by atoms with Crippen LogP contribution in [-0.2, 0) is 26.2 Å². The van der Waals surface area contributed by atoms with Gasteiger partial charge in [-0.1, -0.05) is 151 Å². The van der Waals surface area contributed by atoms with Crippen LogP contribution in [0, 0.1) is 13.8 Å². The maximum absolute atomic E-state index is 2.59. The Kier molecular flexibility index (Phi) is 10.5. The molecule has 0 atom stereocenters. The Morgan fingerprint density at radius 2 is 0.833 bits per heavy atom. The van der Waals surface area contributed by atoms with Crippen molar-refractivity contribution >= 4 is 6.08 Å². The normalized spacial score (nSPS) is 11.1. The van der Waals surface area contributed by atoms with E-state index in [-0.39, 0.29) is 0 Å². The Labute approximate surface area is 252 Å². The van der Waals surface area contributed by atoms with Crippen molar-refractivity contribution in [3.05, 3.63) is 184 Å². The molecule has 2 heteroatoms. The van der Waals surface area contributed by atoms with Gasteiger partial charge in [0.25, 0.3) is 0 Å². The average Bonchev–Trinajstić information content (AvgIpc) is 3.01. The smallest absolute Gasteiger partial charge is 0.0240 e. The van der Waals surface area contributed by atoms with Gasteiger partial charge in [0.2, 0.25) is 0 Å². The van der Waals surface area contributed by atoms with Gasteiger partial charge in [-0.05, 0) is 52.8 Å². The first-order chi connectivity index (χ1) is 20.6. The van der Waals surface area contributed by atoms with E-state index in [1.54, 1.807) is 0 Å². The molecule has 0 heterocycles. The number of hydrogen-bond acceptors (Lipinski definition) is 2. The van der Waals surface area contributed by atoms with Crippen molar-refractivity contribution in [1.82, 2.24) is 9.80 Å². The summed E-state index contributed by atoms with van der Waals surface area (Å²) in [7, 11) is 0. The van der Waals surface area contributed by atoms with Gasteiger partial charge >= 0.3 is 0 Å². The molecule has 0 amide bonds. The molecular formula is C40H42N2. The van der Waals surface area contributed by atoms with Crippen LogP contribution in [0.2, 0.25) is 0 Å². The summed E-state index contributed by atoms with van der Waals surface area (Å²) in [4.78, 5) is 5.18. The number of rotatable bonds is 13. The second-order valence-corrected chi connectivity index (χ2v) is 11.4. The summed E-state index contributed by atoms with van der Waals surface area (Å²) in [5.41, 5.74) is 10.7. The van der Waals surface area contributed by atoms with Crippen molar-refractivity contribution in [3.63, 3.8) is 0 Å².